The Morgan fingerprint density at radius 1 is 1.19 bits per heavy atom. The van der Waals surface area contributed by atoms with Crippen molar-refractivity contribution in [3.8, 4) is 0 Å². The van der Waals surface area contributed by atoms with Crippen LogP contribution in [0.25, 0.3) is 0 Å². The summed E-state index contributed by atoms with van der Waals surface area (Å²) in [5.74, 6) is 0. The molecule has 0 saturated carbocycles. The lowest BCUT2D eigenvalue weighted by atomic mass is 9.80. The van der Waals surface area contributed by atoms with E-state index < -0.39 is 22.4 Å². The molecule has 0 atom stereocenters. The minimum absolute atomic E-state index is 0.312. The van der Waals surface area contributed by atoms with Crippen molar-refractivity contribution in [3.05, 3.63) is 24.3 Å². The van der Waals surface area contributed by atoms with Gasteiger partial charge in [-0.05, 0) is 31.4 Å². The van der Waals surface area contributed by atoms with Gasteiger partial charge in [-0.25, -0.2) is 8.42 Å². The molecule has 88 valence electrons. The summed E-state index contributed by atoms with van der Waals surface area (Å²) in [6, 6.07) is 5.86. The first-order valence-corrected chi connectivity index (χ1v) is 6.35. The minimum atomic E-state index is -3.36. The molecule has 0 bridgehead atoms. The average molecular weight is 243 g/mol. The standard InChI is InChI=1S/C9H14BNO4S/c1-7(2)16(14,15)11-9-5-3-8(4-6-9)10(12)13/h3-7,11-13H,1-2H3. The highest BCUT2D eigenvalue weighted by Gasteiger charge is 2.16. The van der Waals surface area contributed by atoms with E-state index in [4.69, 9.17) is 10.0 Å². The molecule has 1 aromatic carbocycles. The number of hydrogen-bond acceptors (Lipinski definition) is 4. The summed E-state index contributed by atoms with van der Waals surface area (Å²) in [5.41, 5.74) is 0.714. The molecule has 1 aromatic rings. The first kappa shape index (κ1) is 13.0. The van der Waals surface area contributed by atoms with Crippen LogP contribution < -0.4 is 10.2 Å². The molecular formula is C9H14BNO4S. The minimum Gasteiger partial charge on any atom is -0.423 e. The van der Waals surface area contributed by atoms with Crippen molar-refractivity contribution in [3.63, 3.8) is 0 Å². The van der Waals surface area contributed by atoms with E-state index in [2.05, 4.69) is 4.72 Å². The van der Waals surface area contributed by atoms with E-state index >= 15 is 0 Å². The van der Waals surface area contributed by atoms with Crippen LogP contribution in [0.15, 0.2) is 24.3 Å². The highest BCUT2D eigenvalue weighted by atomic mass is 32.2. The van der Waals surface area contributed by atoms with Crippen LogP contribution in [0.3, 0.4) is 0 Å². The fraction of sp³-hybridized carbons (Fsp3) is 0.333. The number of benzene rings is 1. The molecule has 0 aliphatic heterocycles. The highest BCUT2D eigenvalue weighted by molar-refractivity contribution is 7.93. The van der Waals surface area contributed by atoms with Crippen LogP contribution in [0.4, 0.5) is 5.69 Å². The quantitative estimate of drug-likeness (QED) is 0.623. The lowest BCUT2D eigenvalue weighted by molar-refractivity contribution is 0.426. The number of anilines is 1. The zero-order valence-electron chi connectivity index (χ0n) is 9.08. The van der Waals surface area contributed by atoms with E-state index in [9.17, 15) is 8.42 Å². The van der Waals surface area contributed by atoms with Crippen molar-refractivity contribution in [1.82, 2.24) is 0 Å². The summed E-state index contributed by atoms with van der Waals surface area (Å²) in [6.45, 7) is 3.16. The fourth-order valence-corrected chi connectivity index (χ4v) is 1.71. The van der Waals surface area contributed by atoms with E-state index in [1.54, 1.807) is 13.8 Å². The summed E-state index contributed by atoms with van der Waals surface area (Å²) in [4.78, 5) is 0. The van der Waals surface area contributed by atoms with Crippen LogP contribution in [-0.4, -0.2) is 30.8 Å². The molecule has 0 spiro atoms. The summed E-state index contributed by atoms with van der Waals surface area (Å²) in [7, 11) is -4.90. The predicted octanol–water partition coefficient (Wildman–Crippen LogP) is -0.484. The normalized spacial score (nSPS) is 11.6. The van der Waals surface area contributed by atoms with Crippen LogP contribution in [0.1, 0.15) is 13.8 Å². The van der Waals surface area contributed by atoms with Gasteiger partial charge in [0.25, 0.3) is 0 Å². The number of nitrogens with one attached hydrogen (secondary N) is 1. The van der Waals surface area contributed by atoms with E-state index in [0.717, 1.165) is 0 Å². The number of sulfonamides is 1. The van der Waals surface area contributed by atoms with Crippen LogP contribution in [-0.2, 0) is 10.0 Å². The van der Waals surface area contributed by atoms with Crippen LogP contribution in [0.5, 0.6) is 0 Å². The lowest BCUT2D eigenvalue weighted by Gasteiger charge is -2.10. The third-order valence-electron chi connectivity index (χ3n) is 2.09. The van der Waals surface area contributed by atoms with Gasteiger partial charge < -0.3 is 10.0 Å². The van der Waals surface area contributed by atoms with E-state index in [0.29, 0.717) is 11.2 Å². The second kappa shape index (κ2) is 4.86. The van der Waals surface area contributed by atoms with Crippen LogP contribution in [0, 0.1) is 0 Å². The van der Waals surface area contributed by atoms with Crippen molar-refractivity contribution in [2.24, 2.45) is 0 Å². The molecule has 16 heavy (non-hydrogen) atoms. The predicted molar refractivity (Wildman–Crippen MR) is 63.9 cm³/mol. The summed E-state index contributed by atoms with van der Waals surface area (Å²) >= 11 is 0. The van der Waals surface area contributed by atoms with E-state index in [1.807, 2.05) is 0 Å². The van der Waals surface area contributed by atoms with Crippen molar-refractivity contribution in [2.45, 2.75) is 19.1 Å². The second-order valence-corrected chi connectivity index (χ2v) is 5.93. The highest BCUT2D eigenvalue weighted by Crippen LogP contribution is 2.10. The van der Waals surface area contributed by atoms with Gasteiger partial charge in [-0.1, -0.05) is 12.1 Å². The summed E-state index contributed by atoms with van der Waals surface area (Å²) in [6.07, 6.45) is 0. The summed E-state index contributed by atoms with van der Waals surface area (Å²) in [5, 5.41) is 17.2. The van der Waals surface area contributed by atoms with Gasteiger partial charge >= 0.3 is 7.12 Å². The molecule has 0 heterocycles. The zero-order valence-corrected chi connectivity index (χ0v) is 9.90. The van der Waals surface area contributed by atoms with Gasteiger partial charge in [0.1, 0.15) is 0 Å². The number of hydrogen-bond donors (Lipinski definition) is 3. The Kier molecular flexibility index (Phi) is 3.95. The van der Waals surface area contributed by atoms with Crippen molar-refractivity contribution in [1.29, 1.82) is 0 Å². The number of rotatable bonds is 4. The van der Waals surface area contributed by atoms with Crippen LogP contribution >= 0.6 is 0 Å². The van der Waals surface area contributed by atoms with Crippen molar-refractivity contribution >= 4 is 28.3 Å². The molecular weight excluding hydrogens is 229 g/mol. The maximum Gasteiger partial charge on any atom is 0.488 e. The second-order valence-electron chi connectivity index (χ2n) is 3.69. The average Bonchev–Trinajstić information content (AvgIpc) is 2.17. The molecule has 1 rings (SSSR count). The van der Waals surface area contributed by atoms with Crippen molar-refractivity contribution < 1.29 is 18.5 Å². The van der Waals surface area contributed by atoms with Gasteiger partial charge in [-0.15, -0.1) is 0 Å². The first-order chi connectivity index (χ1) is 7.33. The molecule has 3 N–H and O–H groups in total. The molecule has 5 nitrogen and oxygen atoms in total. The molecule has 0 radical (unpaired) electrons. The molecule has 0 aliphatic rings. The topological polar surface area (TPSA) is 86.6 Å². The fourth-order valence-electron chi connectivity index (χ4n) is 1.01. The zero-order chi connectivity index (χ0) is 12.3. The Bertz CT molecular complexity index is 441. The lowest BCUT2D eigenvalue weighted by Crippen LogP contribution is -2.29. The first-order valence-electron chi connectivity index (χ1n) is 4.80. The van der Waals surface area contributed by atoms with Gasteiger partial charge in [0.2, 0.25) is 10.0 Å². The van der Waals surface area contributed by atoms with E-state index in [-0.39, 0.29) is 0 Å². The summed E-state index contributed by atoms with van der Waals surface area (Å²) < 4.78 is 25.4. The van der Waals surface area contributed by atoms with Crippen LogP contribution in [0.2, 0.25) is 0 Å². The Morgan fingerprint density at radius 2 is 1.69 bits per heavy atom. The van der Waals surface area contributed by atoms with Crippen molar-refractivity contribution in [2.75, 3.05) is 4.72 Å². The SMILES string of the molecule is CC(C)S(=O)(=O)Nc1ccc(B(O)O)cc1. The molecule has 0 amide bonds. The molecule has 0 unspecified atom stereocenters. The molecule has 0 fully saturated rings. The molecule has 0 saturated heterocycles. The Morgan fingerprint density at radius 3 is 2.06 bits per heavy atom. The molecule has 0 aromatic heterocycles. The largest absolute Gasteiger partial charge is 0.488 e. The third kappa shape index (κ3) is 3.23. The Labute approximate surface area is 95.3 Å². The third-order valence-corrected chi connectivity index (χ3v) is 3.85. The monoisotopic (exact) mass is 243 g/mol. The Hall–Kier alpha value is -1.05. The van der Waals surface area contributed by atoms with Gasteiger partial charge in [0, 0.05) is 5.69 Å². The Balaban J connectivity index is 2.85. The van der Waals surface area contributed by atoms with Gasteiger partial charge in [-0.2, -0.15) is 0 Å². The van der Waals surface area contributed by atoms with Gasteiger partial charge in [0.05, 0.1) is 5.25 Å². The maximum atomic E-state index is 11.5. The smallest absolute Gasteiger partial charge is 0.423 e. The molecule has 0 aliphatic carbocycles. The van der Waals surface area contributed by atoms with Gasteiger partial charge in [-0.3, -0.25) is 4.72 Å². The molecule has 7 heteroatoms. The maximum absolute atomic E-state index is 11.5. The van der Waals surface area contributed by atoms with Gasteiger partial charge in [0.15, 0.2) is 0 Å². The van der Waals surface area contributed by atoms with E-state index in [1.165, 1.54) is 24.3 Å².